The molecule has 2 heterocycles. The molecule has 0 amide bonds. The monoisotopic (exact) mass is 198 g/mol. The largest absolute Gasteiger partial charge is 0.476 e. The van der Waals surface area contributed by atoms with E-state index in [-0.39, 0.29) is 5.01 Å². The van der Waals surface area contributed by atoms with Gasteiger partial charge < -0.3 is 5.11 Å². The van der Waals surface area contributed by atoms with Gasteiger partial charge in [0.2, 0.25) is 11.0 Å². The van der Waals surface area contributed by atoms with Crippen LogP contribution in [0.25, 0.3) is 10.2 Å². The molecule has 1 N–H and O–H groups in total. The number of hydrogen-bond donors (Lipinski definition) is 1. The molecule has 13 heavy (non-hydrogen) atoms. The third-order valence-corrected chi connectivity index (χ3v) is 2.43. The minimum Gasteiger partial charge on any atom is -0.476 e. The Labute approximate surface area is 75.7 Å². The van der Waals surface area contributed by atoms with E-state index in [1.54, 1.807) is 0 Å². The summed E-state index contributed by atoms with van der Waals surface area (Å²) in [6, 6.07) is 1.17. The molecule has 0 spiro atoms. The van der Waals surface area contributed by atoms with Gasteiger partial charge in [-0.15, -0.1) is 11.3 Å². The SMILES string of the molecule is O=C(O)c1nc2cnc(F)cc2s1. The van der Waals surface area contributed by atoms with E-state index in [0.29, 0.717) is 10.2 Å². The van der Waals surface area contributed by atoms with E-state index >= 15 is 0 Å². The first kappa shape index (κ1) is 8.06. The Kier molecular flexibility index (Phi) is 1.70. The standard InChI is InChI=1S/C7H3FN2O2S/c8-5-1-4-3(2-9-5)10-6(13-4)7(11)12/h1-2H,(H,11,12). The van der Waals surface area contributed by atoms with Crippen molar-refractivity contribution in [1.29, 1.82) is 0 Å². The van der Waals surface area contributed by atoms with Gasteiger partial charge >= 0.3 is 5.97 Å². The van der Waals surface area contributed by atoms with Gasteiger partial charge in [-0.3, -0.25) is 0 Å². The van der Waals surface area contributed by atoms with Gasteiger partial charge in [0, 0.05) is 6.07 Å². The Hall–Kier alpha value is -1.56. The topological polar surface area (TPSA) is 63.1 Å². The Bertz CT molecular complexity index is 482. The number of carbonyl (C=O) groups is 1. The first-order valence-electron chi connectivity index (χ1n) is 3.32. The van der Waals surface area contributed by atoms with Gasteiger partial charge in [0.15, 0.2) is 0 Å². The highest BCUT2D eigenvalue weighted by Gasteiger charge is 2.10. The van der Waals surface area contributed by atoms with Crippen LogP contribution in [0, 0.1) is 5.95 Å². The molecule has 4 nitrogen and oxygen atoms in total. The van der Waals surface area contributed by atoms with Crippen LogP contribution in [0.2, 0.25) is 0 Å². The maximum Gasteiger partial charge on any atom is 0.365 e. The van der Waals surface area contributed by atoms with Crippen LogP contribution in [0.3, 0.4) is 0 Å². The molecule has 0 radical (unpaired) electrons. The molecule has 0 saturated heterocycles. The lowest BCUT2D eigenvalue weighted by Crippen LogP contribution is -1.93. The molecular weight excluding hydrogens is 195 g/mol. The lowest BCUT2D eigenvalue weighted by Gasteiger charge is -1.84. The smallest absolute Gasteiger partial charge is 0.365 e. The molecule has 2 aromatic rings. The van der Waals surface area contributed by atoms with Crippen LogP contribution in [-0.4, -0.2) is 21.0 Å². The van der Waals surface area contributed by atoms with Gasteiger partial charge in [-0.25, -0.2) is 14.8 Å². The zero-order chi connectivity index (χ0) is 9.42. The van der Waals surface area contributed by atoms with Crippen molar-refractivity contribution < 1.29 is 14.3 Å². The Morgan fingerprint density at radius 1 is 1.62 bits per heavy atom. The predicted molar refractivity (Wildman–Crippen MR) is 44.3 cm³/mol. The summed E-state index contributed by atoms with van der Waals surface area (Å²) >= 11 is 0.929. The Morgan fingerprint density at radius 2 is 2.38 bits per heavy atom. The summed E-state index contributed by atoms with van der Waals surface area (Å²) in [7, 11) is 0. The molecule has 0 saturated carbocycles. The molecule has 0 bridgehead atoms. The van der Waals surface area contributed by atoms with Gasteiger partial charge in [0.1, 0.15) is 5.52 Å². The molecule has 0 unspecified atom stereocenters. The second-order valence-corrected chi connectivity index (χ2v) is 3.33. The zero-order valence-electron chi connectivity index (χ0n) is 6.19. The molecule has 0 aromatic carbocycles. The molecule has 0 aliphatic carbocycles. The minimum absolute atomic E-state index is 0.0533. The summed E-state index contributed by atoms with van der Waals surface area (Å²) in [5, 5.41) is 8.54. The zero-order valence-corrected chi connectivity index (χ0v) is 7.01. The van der Waals surface area contributed by atoms with Crippen molar-refractivity contribution in [3.8, 4) is 0 Å². The quantitative estimate of drug-likeness (QED) is 0.706. The fourth-order valence-electron chi connectivity index (χ4n) is 0.899. The van der Waals surface area contributed by atoms with Crippen molar-refractivity contribution in [3.05, 3.63) is 23.2 Å². The van der Waals surface area contributed by atoms with Crippen molar-refractivity contribution in [2.24, 2.45) is 0 Å². The summed E-state index contributed by atoms with van der Waals surface area (Å²) in [5.74, 6) is -1.74. The number of thiazole rings is 1. The second-order valence-electron chi connectivity index (χ2n) is 2.30. The summed E-state index contributed by atoms with van der Waals surface area (Å²) < 4.78 is 13.1. The average Bonchev–Trinajstić information content (AvgIpc) is 2.46. The second kappa shape index (κ2) is 2.74. The molecule has 2 rings (SSSR count). The van der Waals surface area contributed by atoms with Crippen LogP contribution >= 0.6 is 11.3 Å². The summed E-state index contributed by atoms with van der Waals surface area (Å²) in [4.78, 5) is 17.6. The third-order valence-electron chi connectivity index (χ3n) is 1.42. The van der Waals surface area contributed by atoms with Crippen molar-refractivity contribution in [1.82, 2.24) is 9.97 Å². The first-order valence-corrected chi connectivity index (χ1v) is 4.14. The van der Waals surface area contributed by atoms with E-state index in [9.17, 15) is 9.18 Å². The number of pyridine rings is 1. The molecule has 66 valence electrons. The maximum atomic E-state index is 12.6. The number of rotatable bonds is 1. The Balaban J connectivity index is 2.68. The number of carboxylic acids is 1. The van der Waals surface area contributed by atoms with Crippen LogP contribution < -0.4 is 0 Å². The number of aromatic carboxylic acids is 1. The van der Waals surface area contributed by atoms with E-state index in [2.05, 4.69) is 9.97 Å². The van der Waals surface area contributed by atoms with Crippen molar-refractivity contribution in [2.45, 2.75) is 0 Å². The molecular formula is C7H3FN2O2S. The highest BCUT2D eigenvalue weighted by atomic mass is 32.1. The highest BCUT2D eigenvalue weighted by Crippen LogP contribution is 2.21. The summed E-state index contributed by atoms with van der Waals surface area (Å²) in [5.41, 5.74) is 0.406. The van der Waals surface area contributed by atoms with Crippen LogP contribution in [-0.2, 0) is 0 Å². The number of nitrogens with zero attached hydrogens (tertiary/aromatic N) is 2. The Morgan fingerprint density at radius 3 is 3.08 bits per heavy atom. The van der Waals surface area contributed by atoms with Crippen LogP contribution in [0.5, 0.6) is 0 Å². The molecule has 0 fully saturated rings. The lowest BCUT2D eigenvalue weighted by atomic mass is 10.4. The lowest BCUT2D eigenvalue weighted by molar-refractivity contribution is 0.0696. The van der Waals surface area contributed by atoms with Gasteiger partial charge in [-0.05, 0) is 0 Å². The van der Waals surface area contributed by atoms with Gasteiger partial charge in [-0.1, -0.05) is 0 Å². The van der Waals surface area contributed by atoms with E-state index in [0.717, 1.165) is 11.3 Å². The van der Waals surface area contributed by atoms with E-state index in [1.165, 1.54) is 12.3 Å². The highest BCUT2D eigenvalue weighted by molar-refractivity contribution is 7.20. The summed E-state index contributed by atoms with van der Waals surface area (Å²) in [6.07, 6.45) is 1.22. The number of halogens is 1. The van der Waals surface area contributed by atoms with Gasteiger partial charge in [0.05, 0.1) is 10.9 Å². The fourth-order valence-corrected chi connectivity index (χ4v) is 1.70. The number of carboxylic acid groups (broad SMARTS) is 1. The molecule has 0 aliphatic rings. The molecule has 0 aliphatic heterocycles. The van der Waals surface area contributed by atoms with Crippen molar-refractivity contribution >= 4 is 27.5 Å². The average molecular weight is 198 g/mol. The third kappa shape index (κ3) is 1.35. The number of hydrogen-bond acceptors (Lipinski definition) is 4. The van der Waals surface area contributed by atoms with Crippen LogP contribution in [0.15, 0.2) is 12.3 Å². The van der Waals surface area contributed by atoms with Gasteiger partial charge in [-0.2, -0.15) is 4.39 Å². The number of aromatic nitrogens is 2. The molecule has 0 atom stereocenters. The van der Waals surface area contributed by atoms with Crippen LogP contribution in [0.4, 0.5) is 4.39 Å². The van der Waals surface area contributed by atoms with Crippen molar-refractivity contribution in [3.63, 3.8) is 0 Å². The fraction of sp³-hybridized carbons (Fsp3) is 0. The first-order chi connectivity index (χ1) is 6.16. The summed E-state index contributed by atoms with van der Waals surface area (Å²) in [6.45, 7) is 0. The van der Waals surface area contributed by atoms with E-state index < -0.39 is 11.9 Å². The van der Waals surface area contributed by atoms with Crippen LogP contribution in [0.1, 0.15) is 9.80 Å². The number of fused-ring (bicyclic) bond motifs is 1. The molecule has 6 heteroatoms. The predicted octanol–water partition coefficient (Wildman–Crippen LogP) is 1.53. The minimum atomic E-state index is -1.11. The normalized spacial score (nSPS) is 10.5. The van der Waals surface area contributed by atoms with E-state index in [4.69, 9.17) is 5.11 Å². The molecule has 2 aromatic heterocycles. The van der Waals surface area contributed by atoms with Crippen molar-refractivity contribution in [2.75, 3.05) is 0 Å². The van der Waals surface area contributed by atoms with Gasteiger partial charge in [0.25, 0.3) is 0 Å². The van der Waals surface area contributed by atoms with E-state index in [1.807, 2.05) is 0 Å². The maximum absolute atomic E-state index is 12.6.